The lowest BCUT2D eigenvalue weighted by atomic mass is 9.83. The van der Waals surface area contributed by atoms with Gasteiger partial charge in [-0.05, 0) is 44.2 Å². The first kappa shape index (κ1) is 21.2. The van der Waals surface area contributed by atoms with Crippen molar-refractivity contribution in [2.24, 2.45) is 5.16 Å². The zero-order valence-electron chi connectivity index (χ0n) is 17.9. The van der Waals surface area contributed by atoms with Crippen LogP contribution in [0, 0.1) is 0 Å². The highest BCUT2D eigenvalue weighted by Crippen LogP contribution is 2.41. The summed E-state index contributed by atoms with van der Waals surface area (Å²) in [5.41, 5.74) is 1.50. The summed E-state index contributed by atoms with van der Waals surface area (Å²) in [5.74, 6) is -0.0221. The highest BCUT2D eigenvalue weighted by molar-refractivity contribution is 6.41. The molecule has 0 saturated carbocycles. The van der Waals surface area contributed by atoms with Crippen LogP contribution in [0.4, 0.5) is 0 Å². The molecule has 0 bridgehead atoms. The van der Waals surface area contributed by atoms with E-state index in [9.17, 15) is 14.7 Å². The molecular formula is C23H21NO8. The van der Waals surface area contributed by atoms with Gasteiger partial charge in [0.25, 0.3) is 0 Å². The third kappa shape index (κ3) is 3.62. The SMILES string of the molecule is CO/N=C1\C(c2cc(OC(C)C)c(OC)cc2C(=O)O)=CC(=O)c2cc3c(cc21)OCO3. The average Bonchev–Trinajstić information content (AvgIpc) is 3.21. The van der Waals surface area contributed by atoms with Gasteiger partial charge in [-0.3, -0.25) is 4.79 Å². The van der Waals surface area contributed by atoms with Gasteiger partial charge in [0.1, 0.15) is 12.8 Å². The number of ketones is 1. The topological polar surface area (TPSA) is 113 Å². The van der Waals surface area contributed by atoms with Gasteiger partial charge in [0.2, 0.25) is 6.79 Å². The molecule has 0 atom stereocenters. The number of fused-ring (bicyclic) bond motifs is 2. The van der Waals surface area contributed by atoms with E-state index in [2.05, 4.69) is 5.16 Å². The smallest absolute Gasteiger partial charge is 0.336 e. The number of nitrogens with zero attached hydrogens (tertiary/aromatic N) is 1. The van der Waals surface area contributed by atoms with Crippen molar-refractivity contribution in [3.05, 3.63) is 52.6 Å². The van der Waals surface area contributed by atoms with Gasteiger partial charge in [-0.2, -0.15) is 0 Å². The molecule has 2 aromatic rings. The first-order chi connectivity index (χ1) is 15.3. The van der Waals surface area contributed by atoms with Crippen molar-refractivity contribution >= 4 is 23.0 Å². The number of allylic oxidation sites excluding steroid dienone is 2. The van der Waals surface area contributed by atoms with Gasteiger partial charge >= 0.3 is 5.97 Å². The fraction of sp³-hybridized carbons (Fsp3) is 0.261. The van der Waals surface area contributed by atoms with Gasteiger partial charge in [-0.1, -0.05) is 5.16 Å². The summed E-state index contributed by atoms with van der Waals surface area (Å²) in [5, 5.41) is 14.0. The number of benzene rings is 2. The maximum atomic E-state index is 13.0. The molecule has 32 heavy (non-hydrogen) atoms. The van der Waals surface area contributed by atoms with Crippen molar-refractivity contribution in [2.75, 3.05) is 21.0 Å². The Hall–Kier alpha value is -4.01. The van der Waals surface area contributed by atoms with Crippen molar-refractivity contribution in [1.82, 2.24) is 0 Å². The second kappa shape index (κ2) is 8.26. The predicted molar refractivity (Wildman–Crippen MR) is 114 cm³/mol. The minimum absolute atomic E-state index is 0.0427. The zero-order chi connectivity index (χ0) is 23.0. The molecule has 0 aromatic heterocycles. The molecule has 0 spiro atoms. The molecule has 1 aliphatic heterocycles. The Balaban J connectivity index is 1.95. The molecule has 0 radical (unpaired) electrons. The first-order valence-corrected chi connectivity index (χ1v) is 9.78. The molecular weight excluding hydrogens is 418 g/mol. The monoisotopic (exact) mass is 439 g/mol. The number of carbonyl (C=O) groups is 2. The molecule has 9 nitrogen and oxygen atoms in total. The molecule has 1 aliphatic carbocycles. The average molecular weight is 439 g/mol. The summed E-state index contributed by atoms with van der Waals surface area (Å²) in [4.78, 5) is 30.2. The van der Waals surface area contributed by atoms with Crippen LogP contribution in [0.2, 0.25) is 0 Å². The van der Waals surface area contributed by atoms with E-state index in [0.717, 1.165) is 0 Å². The van der Waals surface area contributed by atoms with Crippen LogP contribution in [0.3, 0.4) is 0 Å². The molecule has 1 N–H and O–H groups in total. The number of carboxylic acid groups (broad SMARTS) is 1. The molecule has 9 heteroatoms. The maximum absolute atomic E-state index is 13.0. The molecule has 0 amide bonds. The van der Waals surface area contributed by atoms with Crippen molar-refractivity contribution in [1.29, 1.82) is 0 Å². The fourth-order valence-corrected chi connectivity index (χ4v) is 3.62. The van der Waals surface area contributed by atoms with Crippen LogP contribution in [0.1, 0.15) is 45.7 Å². The van der Waals surface area contributed by atoms with Crippen LogP contribution in [-0.2, 0) is 4.84 Å². The molecule has 2 aliphatic rings. The first-order valence-electron chi connectivity index (χ1n) is 9.78. The molecule has 0 saturated heterocycles. The van der Waals surface area contributed by atoms with Gasteiger partial charge in [0.05, 0.1) is 18.8 Å². The van der Waals surface area contributed by atoms with E-state index < -0.39 is 5.97 Å². The van der Waals surface area contributed by atoms with Crippen LogP contribution in [0.25, 0.3) is 5.57 Å². The number of carbonyl (C=O) groups excluding carboxylic acids is 1. The summed E-state index contributed by atoms with van der Waals surface area (Å²) in [6.07, 6.45) is 1.14. The number of rotatable bonds is 6. The van der Waals surface area contributed by atoms with Crippen LogP contribution in [0.15, 0.2) is 35.5 Å². The third-order valence-corrected chi connectivity index (χ3v) is 4.93. The van der Waals surface area contributed by atoms with Gasteiger partial charge in [-0.25, -0.2) is 4.79 Å². The quantitative estimate of drug-likeness (QED) is 0.680. The van der Waals surface area contributed by atoms with Crippen molar-refractivity contribution in [2.45, 2.75) is 20.0 Å². The molecule has 0 fully saturated rings. The van der Waals surface area contributed by atoms with E-state index in [0.29, 0.717) is 28.4 Å². The number of oxime groups is 1. The Morgan fingerprint density at radius 3 is 2.31 bits per heavy atom. The Bertz CT molecular complexity index is 1180. The number of hydrogen-bond acceptors (Lipinski definition) is 8. The standard InChI is InChI=1S/C23H21NO8/c1-11(2)32-21-6-12(16(23(26)27)9-18(21)28-3)14-5-17(25)13-7-19-20(31-10-30-19)8-15(13)22(14)24-29-4/h5-9,11H,10H2,1-4H3,(H,26,27)/b24-22+. The van der Waals surface area contributed by atoms with Gasteiger partial charge in [0, 0.05) is 22.3 Å². The summed E-state index contributed by atoms with van der Waals surface area (Å²) < 4.78 is 22.0. The van der Waals surface area contributed by atoms with Crippen molar-refractivity contribution < 1.29 is 38.5 Å². The van der Waals surface area contributed by atoms with Crippen molar-refractivity contribution in [3.8, 4) is 23.0 Å². The largest absolute Gasteiger partial charge is 0.493 e. The van der Waals surface area contributed by atoms with Gasteiger partial charge < -0.3 is 28.9 Å². The molecule has 2 aromatic carbocycles. The maximum Gasteiger partial charge on any atom is 0.336 e. The number of ether oxygens (including phenoxy) is 4. The number of hydrogen-bond donors (Lipinski definition) is 1. The zero-order valence-corrected chi connectivity index (χ0v) is 17.9. The lowest BCUT2D eigenvalue weighted by Crippen LogP contribution is -2.19. The van der Waals surface area contributed by atoms with E-state index in [-0.39, 0.29) is 46.8 Å². The van der Waals surface area contributed by atoms with Gasteiger partial charge in [0.15, 0.2) is 28.8 Å². The van der Waals surface area contributed by atoms with Crippen LogP contribution in [-0.4, -0.2) is 49.7 Å². The number of aromatic carboxylic acids is 1. The summed E-state index contributed by atoms with van der Waals surface area (Å²) in [6.45, 7) is 3.72. The lowest BCUT2D eigenvalue weighted by Gasteiger charge is -2.22. The van der Waals surface area contributed by atoms with Crippen LogP contribution >= 0.6 is 0 Å². The van der Waals surface area contributed by atoms with Gasteiger partial charge in [-0.15, -0.1) is 0 Å². The van der Waals surface area contributed by atoms with E-state index >= 15 is 0 Å². The van der Waals surface area contributed by atoms with E-state index in [1.54, 1.807) is 12.1 Å². The Morgan fingerprint density at radius 2 is 1.72 bits per heavy atom. The highest BCUT2D eigenvalue weighted by Gasteiger charge is 2.32. The molecule has 4 rings (SSSR count). The second-order valence-electron chi connectivity index (χ2n) is 7.32. The summed E-state index contributed by atoms with van der Waals surface area (Å²) in [7, 11) is 2.79. The minimum atomic E-state index is -1.20. The second-order valence-corrected chi connectivity index (χ2v) is 7.32. The summed E-state index contributed by atoms with van der Waals surface area (Å²) in [6, 6.07) is 6.11. The molecule has 166 valence electrons. The van der Waals surface area contributed by atoms with Crippen LogP contribution in [0.5, 0.6) is 23.0 Å². The predicted octanol–water partition coefficient (Wildman–Crippen LogP) is 3.54. The van der Waals surface area contributed by atoms with E-state index in [1.165, 1.54) is 32.4 Å². The van der Waals surface area contributed by atoms with E-state index in [4.69, 9.17) is 23.8 Å². The van der Waals surface area contributed by atoms with Crippen LogP contribution < -0.4 is 18.9 Å². The summed E-state index contributed by atoms with van der Waals surface area (Å²) >= 11 is 0. The Kier molecular flexibility index (Phi) is 5.48. The normalized spacial score (nSPS) is 15.5. The number of methoxy groups -OCH3 is 1. The minimum Gasteiger partial charge on any atom is -0.493 e. The molecule has 0 unspecified atom stereocenters. The van der Waals surface area contributed by atoms with Crippen molar-refractivity contribution in [3.63, 3.8) is 0 Å². The fourth-order valence-electron chi connectivity index (χ4n) is 3.62. The number of carboxylic acids is 1. The Morgan fingerprint density at radius 1 is 1.03 bits per heavy atom. The van der Waals surface area contributed by atoms with E-state index in [1.807, 2.05) is 13.8 Å². The molecule has 1 heterocycles. The third-order valence-electron chi connectivity index (χ3n) is 4.93. The Labute approximate surface area is 183 Å². The highest BCUT2D eigenvalue weighted by atomic mass is 16.7. The lowest BCUT2D eigenvalue weighted by molar-refractivity contribution is 0.0695.